The van der Waals surface area contributed by atoms with Gasteiger partial charge in [-0.3, -0.25) is 4.79 Å². The molecule has 0 saturated heterocycles. The van der Waals surface area contributed by atoms with E-state index < -0.39 is 0 Å². The van der Waals surface area contributed by atoms with Crippen molar-refractivity contribution in [2.45, 2.75) is 25.8 Å². The van der Waals surface area contributed by atoms with E-state index in [1.807, 2.05) is 11.5 Å². The van der Waals surface area contributed by atoms with E-state index >= 15 is 0 Å². The van der Waals surface area contributed by atoms with Crippen molar-refractivity contribution in [3.05, 3.63) is 46.0 Å². The Balaban J connectivity index is 2.46. The summed E-state index contributed by atoms with van der Waals surface area (Å²) in [5.74, 6) is -0.244. The standard InChI is InChI=1S/C13H12FNO/c1-8-6-10(14)7-9-2-5-12(16)15(13(8)9)11-3-4-11/h2,5-7,11H,3-4H2,1H3. The smallest absolute Gasteiger partial charge is 0.251 e. The molecule has 3 heteroatoms. The molecular weight excluding hydrogens is 205 g/mol. The number of aromatic nitrogens is 1. The summed E-state index contributed by atoms with van der Waals surface area (Å²) in [6.07, 6.45) is 2.10. The molecule has 1 fully saturated rings. The maximum atomic E-state index is 13.3. The van der Waals surface area contributed by atoms with Gasteiger partial charge in [0.05, 0.1) is 5.52 Å². The van der Waals surface area contributed by atoms with Crippen LogP contribution in [0.25, 0.3) is 10.9 Å². The summed E-state index contributed by atoms with van der Waals surface area (Å²) in [5, 5.41) is 0.809. The molecule has 1 heterocycles. The number of halogens is 1. The summed E-state index contributed by atoms with van der Waals surface area (Å²) < 4.78 is 15.1. The first kappa shape index (κ1) is 9.58. The van der Waals surface area contributed by atoms with Crippen LogP contribution in [-0.4, -0.2) is 4.57 Å². The zero-order valence-electron chi connectivity index (χ0n) is 9.03. The Morgan fingerprint density at radius 1 is 1.31 bits per heavy atom. The fourth-order valence-corrected chi connectivity index (χ4v) is 2.26. The molecule has 1 saturated carbocycles. The maximum Gasteiger partial charge on any atom is 0.251 e. The Bertz CT molecular complexity index is 626. The molecular formula is C13H12FNO. The molecule has 0 spiro atoms. The second-order valence-electron chi connectivity index (χ2n) is 4.43. The first-order valence-electron chi connectivity index (χ1n) is 5.48. The lowest BCUT2D eigenvalue weighted by Crippen LogP contribution is -2.18. The zero-order valence-corrected chi connectivity index (χ0v) is 9.03. The fraction of sp³-hybridized carbons (Fsp3) is 0.308. The number of rotatable bonds is 1. The molecule has 0 bridgehead atoms. The van der Waals surface area contributed by atoms with Crippen molar-refractivity contribution in [1.82, 2.24) is 4.57 Å². The van der Waals surface area contributed by atoms with Crippen molar-refractivity contribution < 1.29 is 4.39 Å². The van der Waals surface area contributed by atoms with Crippen molar-refractivity contribution in [1.29, 1.82) is 0 Å². The Labute approximate surface area is 92.3 Å². The Kier molecular flexibility index (Phi) is 1.90. The van der Waals surface area contributed by atoms with E-state index in [2.05, 4.69) is 0 Å². The van der Waals surface area contributed by atoms with Crippen LogP contribution in [0.2, 0.25) is 0 Å². The number of aryl methyl sites for hydroxylation is 1. The highest BCUT2D eigenvalue weighted by Gasteiger charge is 2.26. The number of hydrogen-bond acceptors (Lipinski definition) is 1. The first-order valence-corrected chi connectivity index (χ1v) is 5.48. The van der Waals surface area contributed by atoms with E-state index in [1.165, 1.54) is 18.2 Å². The average Bonchev–Trinajstić information content (AvgIpc) is 3.02. The van der Waals surface area contributed by atoms with Gasteiger partial charge >= 0.3 is 0 Å². The highest BCUT2D eigenvalue weighted by Crippen LogP contribution is 2.36. The van der Waals surface area contributed by atoms with E-state index in [0.29, 0.717) is 6.04 Å². The molecule has 0 unspecified atom stereocenters. The number of fused-ring (bicyclic) bond motifs is 1. The monoisotopic (exact) mass is 217 g/mol. The van der Waals surface area contributed by atoms with Gasteiger partial charge in [-0.2, -0.15) is 0 Å². The normalized spacial score (nSPS) is 15.6. The lowest BCUT2D eigenvalue weighted by molar-refractivity contribution is 0.627. The van der Waals surface area contributed by atoms with Crippen molar-refractivity contribution in [2.75, 3.05) is 0 Å². The van der Waals surface area contributed by atoms with Crippen LogP contribution < -0.4 is 5.56 Å². The van der Waals surface area contributed by atoms with Gasteiger partial charge in [0.15, 0.2) is 0 Å². The topological polar surface area (TPSA) is 22.0 Å². The van der Waals surface area contributed by atoms with Crippen LogP contribution in [0.4, 0.5) is 4.39 Å². The quantitative estimate of drug-likeness (QED) is 0.720. The largest absolute Gasteiger partial charge is 0.305 e. The van der Waals surface area contributed by atoms with E-state index in [-0.39, 0.29) is 11.4 Å². The first-order chi connectivity index (χ1) is 7.66. The van der Waals surface area contributed by atoms with Crippen molar-refractivity contribution in [2.24, 2.45) is 0 Å². The van der Waals surface area contributed by atoms with E-state index in [4.69, 9.17) is 0 Å². The molecule has 0 radical (unpaired) electrons. The zero-order chi connectivity index (χ0) is 11.3. The summed E-state index contributed by atoms with van der Waals surface area (Å²) in [6, 6.07) is 6.52. The minimum atomic E-state index is -0.244. The van der Waals surface area contributed by atoms with Gasteiger partial charge in [0, 0.05) is 17.5 Å². The van der Waals surface area contributed by atoms with Gasteiger partial charge in [0.2, 0.25) is 0 Å². The van der Waals surface area contributed by atoms with Crippen LogP contribution in [0.3, 0.4) is 0 Å². The van der Waals surface area contributed by atoms with Gasteiger partial charge in [-0.25, -0.2) is 4.39 Å². The summed E-state index contributed by atoms with van der Waals surface area (Å²) in [4.78, 5) is 11.8. The molecule has 2 nitrogen and oxygen atoms in total. The number of nitrogens with zero attached hydrogens (tertiary/aromatic N) is 1. The third kappa shape index (κ3) is 1.35. The lowest BCUT2D eigenvalue weighted by Gasteiger charge is -2.11. The van der Waals surface area contributed by atoms with E-state index in [9.17, 15) is 9.18 Å². The van der Waals surface area contributed by atoms with Gasteiger partial charge in [-0.1, -0.05) is 0 Å². The summed E-state index contributed by atoms with van der Waals surface area (Å²) in [7, 11) is 0. The van der Waals surface area contributed by atoms with Gasteiger partial charge < -0.3 is 4.57 Å². The molecule has 3 rings (SSSR count). The van der Waals surface area contributed by atoms with E-state index in [0.717, 1.165) is 29.3 Å². The van der Waals surface area contributed by atoms with Gasteiger partial charge in [-0.15, -0.1) is 0 Å². The van der Waals surface area contributed by atoms with Crippen LogP contribution in [0.1, 0.15) is 24.4 Å². The third-order valence-corrected chi connectivity index (χ3v) is 3.09. The molecule has 0 atom stereocenters. The Morgan fingerprint density at radius 2 is 2.06 bits per heavy atom. The summed E-state index contributed by atoms with van der Waals surface area (Å²) in [5.41, 5.74) is 1.74. The molecule has 0 N–H and O–H groups in total. The highest BCUT2D eigenvalue weighted by atomic mass is 19.1. The molecule has 0 amide bonds. The Morgan fingerprint density at radius 3 is 2.75 bits per heavy atom. The minimum absolute atomic E-state index is 0.0182. The molecule has 2 aromatic rings. The molecule has 1 aliphatic carbocycles. The van der Waals surface area contributed by atoms with Crippen LogP contribution in [-0.2, 0) is 0 Å². The summed E-state index contributed by atoms with van der Waals surface area (Å²) in [6.45, 7) is 1.85. The molecule has 82 valence electrons. The van der Waals surface area contributed by atoms with E-state index in [1.54, 1.807) is 6.07 Å². The predicted molar refractivity (Wildman–Crippen MR) is 61.2 cm³/mol. The minimum Gasteiger partial charge on any atom is -0.305 e. The average molecular weight is 217 g/mol. The van der Waals surface area contributed by atoms with Crippen LogP contribution >= 0.6 is 0 Å². The van der Waals surface area contributed by atoms with Gasteiger partial charge in [0.1, 0.15) is 5.82 Å². The van der Waals surface area contributed by atoms with Crippen LogP contribution in [0.5, 0.6) is 0 Å². The molecule has 1 aliphatic rings. The van der Waals surface area contributed by atoms with Crippen molar-refractivity contribution in [3.8, 4) is 0 Å². The molecule has 16 heavy (non-hydrogen) atoms. The van der Waals surface area contributed by atoms with Crippen molar-refractivity contribution in [3.63, 3.8) is 0 Å². The number of benzene rings is 1. The second-order valence-corrected chi connectivity index (χ2v) is 4.43. The van der Waals surface area contributed by atoms with Gasteiger partial charge in [0.25, 0.3) is 5.56 Å². The van der Waals surface area contributed by atoms with Crippen molar-refractivity contribution >= 4 is 10.9 Å². The molecule has 1 aromatic carbocycles. The number of hydrogen-bond donors (Lipinski definition) is 0. The maximum absolute atomic E-state index is 13.3. The summed E-state index contributed by atoms with van der Waals surface area (Å²) >= 11 is 0. The number of pyridine rings is 1. The SMILES string of the molecule is Cc1cc(F)cc2ccc(=O)n(C3CC3)c12. The van der Waals surface area contributed by atoms with Crippen LogP contribution in [0, 0.1) is 12.7 Å². The lowest BCUT2D eigenvalue weighted by atomic mass is 10.1. The Hall–Kier alpha value is -1.64. The molecule has 0 aliphatic heterocycles. The van der Waals surface area contributed by atoms with Crippen LogP contribution in [0.15, 0.2) is 29.1 Å². The highest BCUT2D eigenvalue weighted by molar-refractivity contribution is 5.82. The third-order valence-electron chi connectivity index (χ3n) is 3.09. The molecule has 1 aromatic heterocycles. The fourth-order valence-electron chi connectivity index (χ4n) is 2.26. The predicted octanol–water partition coefficient (Wildman–Crippen LogP) is 2.78. The van der Waals surface area contributed by atoms with Gasteiger partial charge in [-0.05, 0) is 43.5 Å². The second kappa shape index (κ2) is 3.17.